The van der Waals surface area contributed by atoms with Gasteiger partial charge < -0.3 is 15.4 Å². The maximum atomic E-state index is 11.4. The third-order valence-corrected chi connectivity index (χ3v) is 2.56. The molecule has 2 N–H and O–H groups in total. The number of hydrogen-bond acceptors (Lipinski definition) is 3. The normalized spacial score (nSPS) is 14.4. The van der Waals surface area contributed by atoms with Gasteiger partial charge in [0.1, 0.15) is 5.75 Å². The number of carbonyl (C=O) groups is 1. The third-order valence-electron chi connectivity index (χ3n) is 2.56. The van der Waals surface area contributed by atoms with Crippen molar-refractivity contribution in [2.45, 2.75) is 18.9 Å². The largest absolute Gasteiger partial charge is 0.488 e. The van der Waals surface area contributed by atoms with Crippen molar-refractivity contribution in [2.24, 2.45) is 0 Å². The molecule has 0 heterocycles. The summed E-state index contributed by atoms with van der Waals surface area (Å²) in [7, 11) is 3.44. The van der Waals surface area contributed by atoms with E-state index in [9.17, 15) is 4.79 Å². The van der Waals surface area contributed by atoms with Gasteiger partial charge in [0.15, 0.2) is 0 Å². The fourth-order valence-corrected chi connectivity index (χ4v) is 1.48. The highest BCUT2D eigenvalue weighted by Gasteiger charge is 2.24. The lowest BCUT2D eigenvalue weighted by molar-refractivity contribution is 0.0963. The van der Waals surface area contributed by atoms with E-state index in [0.29, 0.717) is 11.7 Å². The molecule has 0 aliphatic heterocycles. The van der Waals surface area contributed by atoms with Gasteiger partial charge in [0.25, 0.3) is 5.91 Å². The van der Waals surface area contributed by atoms with E-state index in [2.05, 4.69) is 10.6 Å². The van der Waals surface area contributed by atoms with Crippen LogP contribution in [0.25, 0.3) is 0 Å². The average Bonchev–Trinajstić information content (AvgIpc) is 3.12. The summed E-state index contributed by atoms with van der Waals surface area (Å²) in [5.74, 6) is 0.729. The number of anilines is 1. The summed E-state index contributed by atoms with van der Waals surface area (Å²) < 4.78 is 5.72. The lowest BCUT2D eigenvalue weighted by Crippen LogP contribution is -2.17. The van der Waals surface area contributed by atoms with Crippen molar-refractivity contribution < 1.29 is 9.53 Å². The lowest BCUT2D eigenvalue weighted by Gasteiger charge is -2.11. The highest BCUT2D eigenvalue weighted by Crippen LogP contribution is 2.32. The first-order valence-electron chi connectivity index (χ1n) is 5.45. The molecule has 0 bridgehead atoms. The van der Waals surface area contributed by atoms with Crippen LogP contribution in [0.2, 0.25) is 0 Å². The van der Waals surface area contributed by atoms with Crippen LogP contribution in [-0.2, 0) is 0 Å². The van der Waals surface area contributed by atoms with Crippen LogP contribution in [0.15, 0.2) is 18.2 Å². The van der Waals surface area contributed by atoms with Crippen LogP contribution in [0.4, 0.5) is 5.69 Å². The van der Waals surface area contributed by atoms with Crippen molar-refractivity contribution in [2.75, 3.05) is 19.4 Å². The van der Waals surface area contributed by atoms with Crippen LogP contribution in [0.3, 0.4) is 0 Å². The van der Waals surface area contributed by atoms with Gasteiger partial charge in [-0.15, -0.1) is 0 Å². The fraction of sp³-hybridized carbons (Fsp3) is 0.417. The Balaban J connectivity index is 2.22. The van der Waals surface area contributed by atoms with Crippen molar-refractivity contribution in [3.63, 3.8) is 0 Å². The van der Waals surface area contributed by atoms with Gasteiger partial charge in [-0.3, -0.25) is 4.79 Å². The highest BCUT2D eigenvalue weighted by atomic mass is 16.5. The maximum absolute atomic E-state index is 11.4. The number of nitrogens with one attached hydrogen (secondary N) is 2. The molecule has 1 saturated carbocycles. The lowest BCUT2D eigenvalue weighted by atomic mass is 10.1. The SMILES string of the molecule is CNC(=O)c1ccc(OC2CC2)c(NC)c1. The Morgan fingerprint density at radius 2 is 2.12 bits per heavy atom. The van der Waals surface area contributed by atoms with E-state index in [4.69, 9.17) is 4.74 Å². The molecule has 0 saturated heterocycles. The molecule has 1 aliphatic carbocycles. The maximum Gasteiger partial charge on any atom is 0.251 e. The summed E-state index contributed by atoms with van der Waals surface area (Å²) in [5.41, 5.74) is 1.49. The monoisotopic (exact) mass is 220 g/mol. The second-order valence-corrected chi connectivity index (χ2v) is 3.86. The number of benzene rings is 1. The van der Waals surface area contributed by atoms with Crippen molar-refractivity contribution in [1.29, 1.82) is 0 Å². The Hall–Kier alpha value is -1.71. The molecule has 1 aromatic rings. The predicted molar refractivity (Wildman–Crippen MR) is 63.0 cm³/mol. The molecular formula is C12H16N2O2. The average molecular weight is 220 g/mol. The molecule has 1 aromatic carbocycles. The molecule has 0 spiro atoms. The molecule has 0 aromatic heterocycles. The van der Waals surface area contributed by atoms with Gasteiger partial charge in [0, 0.05) is 19.7 Å². The topological polar surface area (TPSA) is 50.4 Å². The summed E-state index contributed by atoms with van der Waals surface area (Å²) in [6.07, 6.45) is 2.61. The van der Waals surface area contributed by atoms with Crippen LogP contribution < -0.4 is 15.4 Å². The van der Waals surface area contributed by atoms with E-state index >= 15 is 0 Å². The molecule has 16 heavy (non-hydrogen) atoms. The van der Waals surface area contributed by atoms with Crippen molar-refractivity contribution in [1.82, 2.24) is 5.32 Å². The fourth-order valence-electron chi connectivity index (χ4n) is 1.48. The van der Waals surface area contributed by atoms with Crippen LogP contribution >= 0.6 is 0 Å². The summed E-state index contributed by atoms with van der Waals surface area (Å²) in [6.45, 7) is 0. The number of carbonyl (C=O) groups excluding carboxylic acids is 1. The Kier molecular flexibility index (Phi) is 2.99. The third kappa shape index (κ3) is 2.27. The second kappa shape index (κ2) is 4.43. The standard InChI is InChI=1S/C12H16N2O2/c1-13-10-7-8(12(15)14-2)3-6-11(10)16-9-4-5-9/h3,6-7,9,13H,4-5H2,1-2H3,(H,14,15). The van der Waals surface area contributed by atoms with E-state index in [0.717, 1.165) is 24.3 Å². The van der Waals surface area contributed by atoms with Gasteiger partial charge in [-0.1, -0.05) is 0 Å². The predicted octanol–water partition coefficient (Wildman–Crippen LogP) is 1.63. The molecule has 0 unspecified atom stereocenters. The zero-order valence-electron chi connectivity index (χ0n) is 9.54. The van der Waals surface area contributed by atoms with E-state index in [1.54, 1.807) is 19.2 Å². The smallest absolute Gasteiger partial charge is 0.251 e. The first-order chi connectivity index (χ1) is 7.74. The van der Waals surface area contributed by atoms with E-state index in [-0.39, 0.29) is 5.91 Å². The number of rotatable bonds is 4. The van der Waals surface area contributed by atoms with E-state index in [1.165, 1.54) is 0 Å². The zero-order chi connectivity index (χ0) is 11.5. The first kappa shape index (κ1) is 10.8. The van der Waals surface area contributed by atoms with Gasteiger partial charge in [-0.2, -0.15) is 0 Å². The van der Waals surface area contributed by atoms with Gasteiger partial charge >= 0.3 is 0 Å². The molecule has 86 valence electrons. The quantitative estimate of drug-likeness (QED) is 0.810. The molecule has 1 aliphatic rings. The highest BCUT2D eigenvalue weighted by molar-refractivity contribution is 5.95. The molecule has 4 heteroatoms. The Morgan fingerprint density at radius 3 is 2.69 bits per heavy atom. The first-order valence-corrected chi connectivity index (χ1v) is 5.45. The van der Waals surface area contributed by atoms with E-state index < -0.39 is 0 Å². The minimum Gasteiger partial charge on any atom is -0.488 e. The van der Waals surface area contributed by atoms with Crippen LogP contribution in [-0.4, -0.2) is 26.1 Å². The van der Waals surface area contributed by atoms with Crippen LogP contribution in [0, 0.1) is 0 Å². The molecule has 0 radical (unpaired) electrons. The molecule has 1 amide bonds. The van der Waals surface area contributed by atoms with Crippen LogP contribution in [0.1, 0.15) is 23.2 Å². The van der Waals surface area contributed by atoms with Gasteiger partial charge in [0.05, 0.1) is 11.8 Å². The number of ether oxygens (including phenoxy) is 1. The Bertz CT molecular complexity index is 400. The van der Waals surface area contributed by atoms with Crippen molar-refractivity contribution in [3.8, 4) is 5.75 Å². The summed E-state index contributed by atoms with van der Waals surface area (Å²) in [6, 6.07) is 5.42. The number of hydrogen-bond donors (Lipinski definition) is 2. The van der Waals surface area contributed by atoms with Crippen molar-refractivity contribution in [3.05, 3.63) is 23.8 Å². The molecule has 4 nitrogen and oxygen atoms in total. The zero-order valence-corrected chi connectivity index (χ0v) is 9.54. The van der Waals surface area contributed by atoms with E-state index in [1.807, 2.05) is 13.1 Å². The molecular weight excluding hydrogens is 204 g/mol. The summed E-state index contributed by atoms with van der Waals surface area (Å²) in [5, 5.41) is 5.64. The second-order valence-electron chi connectivity index (χ2n) is 3.86. The summed E-state index contributed by atoms with van der Waals surface area (Å²) in [4.78, 5) is 11.4. The minimum atomic E-state index is -0.0885. The van der Waals surface area contributed by atoms with Crippen molar-refractivity contribution >= 4 is 11.6 Å². The number of amides is 1. The molecule has 1 fully saturated rings. The van der Waals surface area contributed by atoms with Gasteiger partial charge in [-0.05, 0) is 31.0 Å². The summed E-state index contributed by atoms with van der Waals surface area (Å²) >= 11 is 0. The van der Waals surface area contributed by atoms with Crippen LogP contribution in [0.5, 0.6) is 5.75 Å². The van der Waals surface area contributed by atoms with Gasteiger partial charge in [-0.25, -0.2) is 0 Å². The van der Waals surface area contributed by atoms with Gasteiger partial charge in [0.2, 0.25) is 0 Å². The Morgan fingerprint density at radius 1 is 1.38 bits per heavy atom. The Labute approximate surface area is 95.0 Å². The molecule has 0 atom stereocenters. The minimum absolute atomic E-state index is 0.0885. The molecule has 2 rings (SSSR count).